The van der Waals surface area contributed by atoms with E-state index in [4.69, 9.17) is 0 Å². The average Bonchev–Trinajstić information content (AvgIpc) is 2.99. The van der Waals surface area contributed by atoms with Crippen LogP contribution in [0.2, 0.25) is 0 Å². The predicted octanol–water partition coefficient (Wildman–Crippen LogP) is 1.35. The van der Waals surface area contributed by atoms with E-state index in [0.717, 1.165) is 5.82 Å². The van der Waals surface area contributed by atoms with Gasteiger partial charge < -0.3 is 9.88 Å². The lowest BCUT2D eigenvalue weighted by Crippen LogP contribution is -2.32. The maximum atomic E-state index is 11.6. The van der Waals surface area contributed by atoms with Crippen LogP contribution in [0.3, 0.4) is 0 Å². The first-order chi connectivity index (χ1) is 7.72. The summed E-state index contributed by atoms with van der Waals surface area (Å²) in [5.41, 5.74) is 0. The molecule has 1 aromatic rings. The normalized spacial score (nSPS) is 17.1. The van der Waals surface area contributed by atoms with Gasteiger partial charge in [0.1, 0.15) is 5.82 Å². The van der Waals surface area contributed by atoms with E-state index < -0.39 is 0 Å². The summed E-state index contributed by atoms with van der Waals surface area (Å²) >= 11 is 1.55. The zero-order chi connectivity index (χ0) is 11.5. The first-order valence-electron chi connectivity index (χ1n) is 5.48. The highest BCUT2D eigenvalue weighted by molar-refractivity contribution is 7.99. The number of carbonyl (C=O) groups is 1. The Kier molecular flexibility index (Phi) is 3.53. The van der Waals surface area contributed by atoms with Gasteiger partial charge in [-0.2, -0.15) is 11.8 Å². The van der Waals surface area contributed by atoms with Crippen LogP contribution in [0, 0.1) is 5.92 Å². The van der Waals surface area contributed by atoms with Crippen LogP contribution in [-0.2, 0) is 11.8 Å². The van der Waals surface area contributed by atoms with Gasteiger partial charge in [-0.25, -0.2) is 4.98 Å². The van der Waals surface area contributed by atoms with Crippen molar-refractivity contribution in [2.24, 2.45) is 13.0 Å². The number of aryl methyl sites for hydroxylation is 1. The Hall–Kier alpha value is -0.970. The van der Waals surface area contributed by atoms with Crippen molar-refractivity contribution in [1.29, 1.82) is 0 Å². The van der Waals surface area contributed by atoms with Gasteiger partial charge in [0.05, 0.1) is 11.8 Å². The van der Waals surface area contributed by atoms with Crippen LogP contribution < -0.4 is 5.32 Å². The minimum absolute atomic E-state index is 0.0969. The largest absolute Gasteiger partial charge is 0.345 e. The van der Waals surface area contributed by atoms with E-state index >= 15 is 0 Å². The minimum Gasteiger partial charge on any atom is -0.345 e. The molecule has 1 N–H and O–H groups in total. The predicted molar refractivity (Wildman–Crippen MR) is 65.2 cm³/mol. The van der Waals surface area contributed by atoms with Gasteiger partial charge in [0.15, 0.2) is 0 Å². The second kappa shape index (κ2) is 4.91. The molecule has 0 aromatic carbocycles. The number of nitrogens with one attached hydrogen (secondary N) is 1. The summed E-state index contributed by atoms with van der Waals surface area (Å²) < 4.78 is 1.99. The third-order valence-electron chi connectivity index (χ3n) is 2.82. The molecule has 16 heavy (non-hydrogen) atoms. The number of rotatable bonds is 5. The molecule has 1 aliphatic carbocycles. The minimum atomic E-state index is 0.0969. The van der Waals surface area contributed by atoms with Crippen molar-refractivity contribution in [2.75, 3.05) is 12.0 Å². The van der Waals surface area contributed by atoms with Gasteiger partial charge in [-0.15, -0.1) is 0 Å². The smallest absolute Gasteiger partial charge is 0.230 e. The van der Waals surface area contributed by atoms with E-state index in [1.54, 1.807) is 18.0 Å². The van der Waals surface area contributed by atoms with E-state index in [1.807, 2.05) is 24.1 Å². The van der Waals surface area contributed by atoms with Crippen LogP contribution in [0.1, 0.15) is 24.7 Å². The van der Waals surface area contributed by atoms with Crippen LogP contribution >= 0.6 is 11.8 Å². The third kappa shape index (κ3) is 2.58. The summed E-state index contributed by atoms with van der Waals surface area (Å²) in [5, 5.41) is 3.08. The molecule has 1 atom stereocenters. The summed E-state index contributed by atoms with van der Waals surface area (Å²) in [6, 6.07) is 0.0969. The highest BCUT2D eigenvalue weighted by Crippen LogP contribution is 2.40. The fraction of sp³-hybridized carbons (Fsp3) is 0.636. The molecule has 5 heteroatoms. The molecular formula is C11H17N3OS. The molecule has 1 amide bonds. The molecule has 0 bridgehead atoms. The lowest BCUT2D eigenvalue weighted by atomic mass is 10.1. The van der Waals surface area contributed by atoms with Gasteiger partial charge in [-0.05, 0) is 25.0 Å². The molecule has 0 spiro atoms. The number of hydrogen-bond acceptors (Lipinski definition) is 3. The fourth-order valence-electron chi connectivity index (χ4n) is 1.85. The Morgan fingerprint density at radius 3 is 3.00 bits per heavy atom. The summed E-state index contributed by atoms with van der Waals surface area (Å²) in [6.07, 6.45) is 8.03. The number of thioether (sulfide) groups is 1. The lowest BCUT2D eigenvalue weighted by molar-refractivity contribution is -0.119. The maximum Gasteiger partial charge on any atom is 0.230 e. The molecule has 0 radical (unpaired) electrons. The highest BCUT2D eigenvalue weighted by atomic mass is 32.2. The summed E-state index contributed by atoms with van der Waals surface area (Å²) in [5.74, 6) is 2.17. The Labute approximate surface area is 99.8 Å². The molecule has 0 saturated heterocycles. The van der Waals surface area contributed by atoms with Gasteiger partial charge in [-0.3, -0.25) is 4.79 Å². The standard InChI is InChI=1S/C11H17N3OS/c1-14-6-5-12-11(14)10(8-3-4-8)13-9(15)7-16-2/h5-6,8,10H,3-4,7H2,1-2H3,(H,13,15)/t10-/m1/s1. The highest BCUT2D eigenvalue weighted by Gasteiger charge is 2.35. The number of aromatic nitrogens is 2. The first kappa shape index (κ1) is 11.5. The zero-order valence-electron chi connectivity index (χ0n) is 9.64. The van der Waals surface area contributed by atoms with E-state index in [1.165, 1.54) is 12.8 Å². The molecule has 1 fully saturated rings. The lowest BCUT2D eigenvalue weighted by Gasteiger charge is -2.17. The van der Waals surface area contributed by atoms with E-state index in [-0.39, 0.29) is 11.9 Å². The maximum absolute atomic E-state index is 11.6. The van der Waals surface area contributed by atoms with Crippen LogP contribution in [0.4, 0.5) is 0 Å². The zero-order valence-corrected chi connectivity index (χ0v) is 10.5. The van der Waals surface area contributed by atoms with Crippen molar-refractivity contribution >= 4 is 17.7 Å². The second-order valence-electron chi connectivity index (χ2n) is 4.21. The van der Waals surface area contributed by atoms with Crippen LogP contribution in [0.15, 0.2) is 12.4 Å². The quantitative estimate of drug-likeness (QED) is 0.843. The first-order valence-corrected chi connectivity index (χ1v) is 6.87. The molecule has 1 aromatic heterocycles. The fourth-order valence-corrected chi connectivity index (χ4v) is 2.19. The number of imidazole rings is 1. The van der Waals surface area contributed by atoms with E-state index in [0.29, 0.717) is 11.7 Å². The molecule has 0 aliphatic heterocycles. The Balaban J connectivity index is 2.06. The Morgan fingerprint density at radius 1 is 1.75 bits per heavy atom. The number of nitrogens with zero attached hydrogens (tertiary/aromatic N) is 2. The molecule has 1 saturated carbocycles. The van der Waals surface area contributed by atoms with Gasteiger partial charge in [0.25, 0.3) is 0 Å². The van der Waals surface area contributed by atoms with E-state index in [2.05, 4.69) is 10.3 Å². The average molecular weight is 239 g/mol. The molecule has 88 valence electrons. The number of hydrogen-bond donors (Lipinski definition) is 1. The van der Waals surface area contributed by atoms with Crippen molar-refractivity contribution in [3.05, 3.63) is 18.2 Å². The number of carbonyl (C=O) groups excluding carboxylic acids is 1. The van der Waals surface area contributed by atoms with Crippen molar-refractivity contribution in [1.82, 2.24) is 14.9 Å². The van der Waals surface area contributed by atoms with Crippen molar-refractivity contribution < 1.29 is 4.79 Å². The molecule has 1 aliphatic rings. The van der Waals surface area contributed by atoms with Gasteiger partial charge in [-0.1, -0.05) is 0 Å². The summed E-state index contributed by atoms with van der Waals surface area (Å²) in [4.78, 5) is 16.0. The van der Waals surface area contributed by atoms with Gasteiger partial charge >= 0.3 is 0 Å². The Morgan fingerprint density at radius 2 is 2.50 bits per heavy atom. The monoisotopic (exact) mass is 239 g/mol. The summed E-state index contributed by atoms with van der Waals surface area (Å²) in [6.45, 7) is 0. The van der Waals surface area contributed by atoms with Crippen molar-refractivity contribution in [3.8, 4) is 0 Å². The van der Waals surface area contributed by atoms with Crippen LogP contribution in [-0.4, -0.2) is 27.5 Å². The van der Waals surface area contributed by atoms with Crippen molar-refractivity contribution in [2.45, 2.75) is 18.9 Å². The molecular weight excluding hydrogens is 222 g/mol. The van der Waals surface area contributed by atoms with Crippen molar-refractivity contribution in [3.63, 3.8) is 0 Å². The molecule has 2 rings (SSSR count). The topological polar surface area (TPSA) is 46.9 Å². The summed E-state index contributed by atoms with van der Waals surface area (Å²) in [7, 11) is 1.97. The van der Waals surface area contributed by atoms with Gasteiger partial charge in [0, 0.05) is 19.4 Å². The molecule has 0 unspecified atom stereocenters. The van der Waals surface area contributed by atoms with Crippen LogP contribution in [0.25, 0.3) is 0 Å². The van der Waals surface area contributed by atoms with Crippen LogP contribution in [0.5, 0.6) is 0 Å². The Bertz CT molecular complexity index is 373. The number of amides is 1. The molecule has 1 heterocycles. The third-order valence-corrected chi connectivity index (χ3v) is 3.37. The van der Waals surface area contributed by atoms with E-state index in [9.17, 15) is 4.79 Å². The molecule has 4 nitrogen and oxygen atoms in total. The second-order valence-corrected chi connectivity index (χ2v) is 5.08. The van der Waals surface area contributed by atoms with Gasteiger partial charge in [0.2, 0.25) is 5.91 Å². The SMILES string of the molecule is CSCC(=O)N[C@@H](c1nccn1C)C1CC1.